The van der Waals surface area contributed by atoms with E-state index in [1.54, 1.807) is 0 Å². The molecule has 0 amide bonds. The number of hydrogen-bond donors (Lipinski definition) is 1. The molecule has 0 aromatic carbocycles. The lowest BCUT2D eigenvalue weighted by atomic mass is 10.6. The topological polar surface area (TPSA) is 38.1 Å². The van der Waals surface area contributed by atoms with Crippen molar-refractivity contribution >= 4 is 0 Å². The first-order valence-corrected chi connectivity index (χ1v) is 2.76. The molecule has 11 heavy (non-hydrogen) atoms. The van der Waals surface area contributed by atoms with Crippen LogP contribution in [0.1, 0.15) is 0 Å². The van der Waals surface area contributed by atoms with E-state index in [4.69, 9.17) is 5.11 Å². The van der Waals surface area contributed by atoms with Crippen LogP contribution in [0, 0.1) is 0 Å². The predicted octanol–water partition coefficient (Wildman–Crippen LogP) is 1.15. The minimum atomic E-state index is -4.34. The molecule has 62 valence electrons. The van der Waals surface area contributed by atoms with E-state index in [1.807, 2.05) is 0 Å². The molecular formula is C5H5F3N2O. The third kappa shape index (κ3) is 2.14. The molecule has 3 nitrogen and oxygen atoms in total. The number of alkyl halides is 3. The molecule has 6 heteroatoms. The van der Waals surface area contributed by atoms with E-state index in [9.17, 15) is 13.2 Å². The summed E-state index contributed by atoms with van der Waals surface area (Å²) in [5.74, 6) is -0.484. The van der Waals surface area contributed by atoms with E-state index in [0.29, 0.717) is 4.68 Å². The Morgan fingerprint density at radius 3 is 2.55 bits per heavy atom. The van der Waals surface area contributed by atoms with Crippen molar-refractivity contribution in [2.45, 2.75) is 12.7 Å². The highest BCUT2D eigenvalue weighted by Gasteiger charge is 2.29. The average molecular weight is 166 g/mol. The minimum Gasteiger partial charge on any atom is -0.493 e. The Balaban J connectivity index is 2.72. The normalized spacial score (nSPS) is 11.9. The molecule has 0 aliphatic heterocycles. The van der Waals surface area contributed by atoms with Crippen molar-refractivity contribution in [1.29, 1.82) is 0 Å². The largest absolute Gasteiger partial charge is 0.493 e. The first-order valence-electron chi connectivity index (χ1n) is 2.76. The van der Waals surface area contributed by atoms with Crippen molar-refractivity contribution < 1.29 is 18.3 Å². The summed E-state index contributed by atoms with van der Waals surface area (Å²) in [5.41, 5.74) is 0. The van der Waals surface area contributed by atoms with Crippen molar-refractivity contribution in [1.82, 2.24) is 9.78 Å². The fraction of sp³-hybridized carbons (Fsp3) is 0.400. The molecular weight excluding hydrogens is 161 g/mol. The van der Waals surface area contributed by atoms with Crippen molar-refractivity contribution in [2.75, 3.05) is 0 Å². The van der Waals surface area contributed by atoms with Crippen molar-refractivity contribution in [3.63, 3.8) is 0 Å². The standard InChI is InChI=1S/C5H5F3N2O/c6-5(7,8)3-10-4(11)1-2-9-10/h1-2,11H,3H2. The zero-order valence-corrected chi connectivity index (χ0v) is 5.34. The van der Waals surface area contributed by atoms with Gasteiger partial charge in [-0.1, -0.05) is 0 Å². The highest BCUT2D eigenvalue weighted by atomic mass is 19.4. The quantitative estimate of drug-likeness (QED) is 0.679. The zero-order chi connectivity index (χ0) is 8.48. The maximum Gasteiger partial charge on any atom is 0.408 e. The van der Waals surface area contributed by atoms with Crippen LogP contribution in [-0.2, 0) is 6.54 Å². The van der Waals surface area contributed by atoms with Gasteiger partial charge in [0.15, 0.2) is 0 Å². The molecule has 0 fully saturated rings. The maximum atomic E-state index is 11.6. The van der Waals surface area contributed by atoms with E-state index in [2.05, 4.69) is 5.10 Å². The van der Waals surface area contributed by atoms with Gasteiger partial charge < -0.3 is 5.11 Å². The summed E-state index contributed by atoms with van der Waals surface area (Å²) in [7, 11) is 0. The van der Waals surface area contributed by atoms with E-state index in [-0.39, 0.29) is 0 Å². The molecule has 0 radical (unpaired) electrons. The van der Waals surface area contributed by atoms with Crippen molar-refractivity contribution in [3.8, 4) is 5.88 Å². The smallest absolute Gasteiger partial charge is 0.408 e. The maximum absolute atomic E-state index is 11.6. The van der Waals surface area contributed by atoms with Crippen LogP contribution >= 0.6 is 0 Å². The summed E-state index contributed by atoms with van der Waals surface area (Å²) in [6.07, 6.45) is -3.25. The van der Waals surface area contributed by atoms with Crippen molar-refractivity contribution in [2.24, 2.45) is 0 Å². The van der Waals surface area contributed by atoms with Crippen LogP contribution in [0.2, 0.25) is 0 Å². The summed E-state index contributed by atoms with van der Waals surface area (Å²) in [4.78, 5) is 0. The van der Waals surface area contributed by atoms with Crippen LogP contribution in [0.5, 0.6) is 5.88 Å². The van der Waals surface area contributed by atoms with Crippen LogP contribution in [0.15, 0.2) is 12.3 Å². The van der Waals surface area contributed by atoms with Gasteiger partial charge in [0, 0.05) is 6.07 Å². The van der Waals surface area contributed by atoms with E-state index < -0.39 is 18.6 Å². The van der Waals surface area contributed by atoms with Gasteiger partial charge in [0.25, 0.3) is 0 Å². The van der Waals surface area contributed by atoms with Gasteiger partial charge >= 0.3 is 6.18 Å². The second-order valence-electron chi connectivity index (χ2n) is 1.96. The molecule has 0 saturated heterocycles. The third-order valence-electron chi connectivity index (χ3n) is 1.02. The van der Waals surface area contributed by atoms with Crippen LogP contribution in [0.3, 0.4) is 0 Å². The van der Waals surface area contributed by atoms with E-state index in [0.717, 1.165) is 12.3 Å². The lowest BCUT2D eigenvalue weighted by molar-refractivity contribution is -0.143. The fourth-order valence-corrected chi connectivity index (χ4v) is 0.617. The highest BCUT2D eigenvalue weighted by molar-refractivity contribution is 5.04. The predicted molar refractivity (Wildman–Crippen MR) is 29.9 cm³/mol. The van der Waals surface area contributed by atoms with Gasteiger partial charge in [-0.3, -0.25) is 0 Å². The number of aromatic hydroxyl groups is 1. The number of halogens is 3. The summed E-state index contributed by atoms with van der Waals surface area (Å²) in [5, 5.41) is 12.0. The van der Waals surface area contributed by atoms with Crippen LogP contribution < -0.4 is 0 Å². The minimum absolute atomic E-state index is 0.472. The monoisotopic (exact) mass is 166 g/mol. The SMILES string of the molecule is Oc1ccnn1CC(F)(F)F. The Labute approximate surface area is 60.1 Å². The number of hydrogen-bond acceptors (Lipinski definition) is 2. The van der Waals surface area contributed by atoms with Crippen molar-refractivity contribution in [3.05, 3.63) is 12.3 Å². The summed E-state index contributed by atoms with van der Waals surface area (Å²) in [6.45, 7) is -1.26. The van der Waals surface area contributed by atoms with Gasteiger partial charge in [0.1, 0.15) is 6.54 Å². The second-order valence-corrected chi connectivity index (χ2v) is 1.96. The summed E-state index contributed by atoms with van der Waals surface area (Å²) in [6, 6.07) is 1.09. The van der Waals surface area contributed by atoms with Gasteiger partial charge in [0.05, 0.1) is 6.20 Å². The molecule has 0 spiro atoms. The van der Waals surface area contributed by atoms with E-state index >= 15 is 0 Å². The number of rotatable bonds is 1. The summed E-state index contributed by atoms with van der Waals surface area (Å²) < 4.78 is 35.4. The zero-order valence-electron chi connectivity index (χ0n) is 5.34. The van der Waals surface area contributed by atoms with Gasteiger partial charge in [0.2, 0.25) is 5.88 Å². The molecule has 0 unspecified atom stereocenters. The molecule has 0 bridgehead atoms. The Hall–Kier alpha value is -1.20. The summed E-state index contributed by atoms with van der Waals surface area (Å²) >= 11 is 0. The van der Waals surface area contributed by atoms with Gasteiger partial charge in [-0.15, -0.1) is 0 Å². The Kier molecular flexibility index (Phi) is 1.76. The number of aromatic nitrogens is 2. The van der Waals surface area contributed by atoms with Gasteiger partial charge in [-0.25, -0.2) is 4.68 Å². The molecule has 0 aliphatic carbocycles. The molecule has 1 rings (SSSR count). The lowest BCUT2D eigenvalue weighted by Gasteiger charge is -2.06. The first-order chi connectivity index (χ1) is 4.99. The van der Waals surface area contributed by atoms with Gasteiger partial charge in [-0.05, 0) is 0 Å². The van der Waals surface area contributed by atoms with E-state index in [1.165, 1.54) is 0 Å². The number of nitrogens with zero attached hydrogens (tertiary/aromatic N) is 2. The Morgan fingerprint density at radius 1 is 1.55 bits per heavy atom. The van der Waals surface area contributed by atoms with Crippen LogP contribution in [0.25, 0.3) is 0 Å². The van der Waals surface area contributed by atoms with Crippen LogP contribution in [-0.4, -0.2) is 21.1 Å². The fourth-order valence-electron chi connectivity index (χ4n) is 0.617. The molecule has 1 aromatic heterocycles. The average Bonchev–Trinajstić information content (AvgIpc) is 2.12. The first kappa shape index (κ1) is 7.90. The molecule has 1 N–H and O–H groups in total. The molecule has 0 atom stereocenters. The Morgan fingerprint density at radius 2 is 2.18 bits per heavy atom. The van der Waals surface area contributed by atoms with Gasteiger partial charge in [-0.2, -0.15) is 18.3 Å². The Bertz CT molecular complexity index is 242. The molecule has 1 heterocycles. The lowest BCUT2D eigenvalue weighted by Crippen LogP contribution is -2.18. The second kappa shape index (κ2) is 2.44. The van der Waals surface area contributed by atoms with Crippen LogP contribution in [0.4, 0.5) is 13.2 Å². The molecule has 1 aromatic rings. The molecule has 0 aliphatic rings. The molecule has 0 saturated carbocycles. The third-order valence-corrected chi connectivity index (χ3v) is 1.02. The highest BCUT2D eigenvalue weighted by Crippen LogP contribution is 2.19.